The van der Waals surface area contributed by atoms with Crippen molar-refractivity contribution in [2.45, 2.75) is 45.8 Å². The van der Waals surface area contributed by atoms with Gasteiger partial charge in [-0.05, 0) is 38.8 Å². The second kappa shape index (κ2) is 5.32. The first kappa shape index (κ1) is 13.7. The summed E-state index contributed by atoms with van der Waals surface area (Å²) < 4.78 is 5.36. The second-order valence-electron chi connectivity index (χ2n) is 5.20. The molecule has 0 amide bonds. The van der Waals surface area contributed by atoms with Crippen LogP contribution in [-0.2, 0) is 16.1 Å². The van der Waals surface area contributed by atoms with E-state index < -0.39 is 5.60 Å². The largest absolute Gasteiger partial charge is 0.460 e. The molecular weight excluding hydrogens is 214 g/mol. The minimum atomic E-state index is -0.448. The number of carbonyl (C=O) groups is 1. The Bertz CT molecular complexity index is 393. The van der Waals surface area contributed by atoms with Gasteiger partial charge in [0.05, 0.1) is 5.92 Å². The highest BCUT2D eigenvalue weighted by Crippen LogP contribution is 2.21. The van der Waals surface area contributed by atoms with Gasteiger partial charge in [0, 0.05) is 6.54 Å². The quantitative estimate of drug-likeness (QED) is 0.819. The molecule has 0 aliphatic carbocycles. The van der Waals surface area contributed by atoms with Crippen molar-refractivity contribution in [2.75, 3.05) is 0 Å². The standard InChI is InChI=1S/C14H21NO2/c1-10(13(16)17-14(2,3)4)12-7-5-6-11(8-12)9-15/h5-8,10H,9,15H2,1-4H3. The zero-order chi connectivity index (χ0) is 13.1. The molecule has 3 heteroatoms. The molecule has 0 heterocycles. The van der Waals surface area contributed by atoms with Gasteiger partial charge in [0.2, 0.25) is 0 Å². The van der Waals surface area contributed by atoms with Gasteiger partial charge in [0.25, 0.3) is 0 Å². The molecule has 0 aromatic heterocycles. The summed E-state index contributed by atoms with van der Waals surface area (Å²) in [6, 6.07) is 7.74. The van der Waals surface area contributed by atoms with Gasteiger partial charge in [-0.25, -0.2) is 0 Å². The van der Waals surface area contributed by atoms with E-state index in [0.717, 1.165) is 11.1 Å². The monoisotopic (exact) mass is 235 g/mol. The highest BCUT2D eigenvalue weighted by molar-refractivity contribution is 5.78. The lowest BCUT2D eigenvalue weighted by Gasteiger charge is -2.22. The highest BCUT2D eigenvalue weighted by atomic mass is 16.6. The highest BCUT2D eigenvalue weighted by Gasteiger charge is 2.22. The van der Waals surface area contributed by atoms with Crippen molar-refractivity contribution in [3.05, 3.63) is 35.4 Å². The van der Waals surface area contributed by atoms with Gasteiger partial charge in [-0.3, -0.25) is 4.79 Å². The first-order valence-corrected chi connectivity index (χ1v) is 5.85. The zero-order valence-corrected chi connectivity index (χ0v) is 11.0. The molecule has 0 radical (unpaired) electrons. The molecule has 17 heavy (non-hydrogen) atoms. The molecule has 1 rings (SSSR count). The van der Waals surface area contributed by atoms with Crippen LogP contribution in [0.5, 0.6) is 0 Å². The Kier molecular flexibility index (Phi) is 4.29. The molecule has 2 N–H and O–H groups in total. The van der Waals surface area contributed by atoms with Gasteiger partial charge in [0.15, 0.2) is 0 Å². The molecule has 0 fully saturated rings. The first-order chi connectivity index (χ1) is 7.83. The number of carbonyl (C=O) groups excluding carboxylic acids is 1. The average molecular weight is 235 g/mol. The third-order valence-electron chi connectivity index (χ3n) is 2.45. The van der Waals surface area contributed by atoms with Crippen LogP contribution in [0.25, 0.3) is 0 Å². The number of nitrogens with two attached hydrogens (primary N) is 1. The molecule has 0 saturated heterocycles. The summed E-state index contributed by atoms with van der Waals surface area (Å²) in [5.74, 6) is -0.465. The van der Waals surface area contributed by atoms with E-state index in [1.807, 2.05) is 52.0 Å². The van der Waals surface area contributed by atoms with Crippen LogP contribution in [0.3, 0.4) is 0 Å². The van der Waals surface area contributed by atoms with E-state index in [-0.39, 0.29) is 11.9 Å². The summed E-state index contributed by atoms with van der Waals surface area (Å²) in [7, 11) is 0. The number of esters is 1. The summed E-state index contributed by atoms with van der Waals surface area (Å²) in [6.07, 6.45) is 0. The topological polar surface area (TPSA) is 52.3 Å². The van der Waals surface area contributed by atoms with Crippen LogP contribution >= 0.6 is 0 Å². The number of hydrogen-bond donors (Lipinski definition) is 1. The normalized spacial score (nSPS) is 13.2. The number of ether oxygens (including phenoxy) is 1. The van der Waals surface area contributed by atoms with Gasteiger partial charge in [-0.1, -0.05) is 24.3 Å². The zero-order valence-electron chi connectivity index (χ0n) is 11.0. The van der Waals surface area contributed by atoms with Crippen molar-refractivity contribution in [3.63, 3.8) is 0 Å². The molecule has 1 aromatic carbocycles. The van der Waals surface area contributed by atoms with Crippen LogP contribution in [0.1, 0.15) is 44.7 Å². The van der Waals surface area contributed by atoms with Gasteiger partial charge < -0.3 is 10.5 Å². The van der Waals surface area contributed by atoms with E-state index in [1.54, 1.807) is 0 Å². The lowest BCUT2D eigenvalue weighted by Crippen LogP contribution is -2.26. The Morgan fingerprint density at radius 1 is 1.41 bits per heavy atom. The molecule has 0 spiro atoms. The Morgan fingerprint density at radius 3 is 2.59 bits per heavy atom. The summed E-state index contributed by atoms with van der Waals surface area (Å²) in [4.78, 5) is 11.9. The predicted molar refractivity (Wildman–Crippen MR) is 68.6 cm³/mol. The van der Waals surface area contributed by atoms with E-state index in [4.69, 9.17) is 10.5 Å². The van der Waals surface area contributed by atoms with Gasteiger partial charge in [0.1, 0.15) is 5.60 Å². The molecule has 94 valence electrons. The molecule has 0 aliphatic rings. The summed E-state index contributed by atoms with van der Waals surface area (Å²) >= 11 is 0. The Morgan fingerprint density at radius 2 is 2.06 bits per heavy atom. The van der Waals surface area contributed by atoms with Crippen LogP contribution in [0.2, 0.25) is 0 Å². The van der Waals surface area contributed by atoms with Crippen LogP contribution in [0, 0.1) is 0 Å². The van der Waals surface area contributed by atoms with E-state index in [1.165, 1.54) is 0 Å². The third kappa shape index (κ3) is 4.19. The molecule has 1 aromatic rings. The van der Waals surface area contributed by atoms with Gasteiger partial charge in [-0.15, -0.1) is 0 Å². The summed E-state index contributed by atoms with van der Waals surface area (Å²) in [5.41, 5.74) is 7.11. The molecule has 1 atom stereocenters. The third-order valence-corrected chi connectivity index (χ3v) is 2.45. The molecule has 0 saturated carbocycles. The minimum absolute atomic E-state index is 0.202. The molecule has 0 aliphatic heterocycles. The van der Waals surface area contributed by atoms with Crippen LogP contribution in [0.15, 0.2) is 24.3 Å². The fourth-order valence-corrected chi connectivity index (χ4v) is 1.52. The van der Waals surface area contributed by atoms with E-state index in [2.05, 4.69) is 0 Å². The maximum Gasteiger partial charge on any atom is 0.313 e. The van der Waals surface area contributed by atoms with Crippen molar-refractivity contribution in [2.24, 2.45) is 5.73 Å². The fourth-order valence-electron chi connectivity index (χ4n) is 1.52. The number of benzene rings is 1. The minimum Gasteiger partial charge on any atom is -0.460 e. The molecule has 1 unspecified atom stereocenters. The SMILES string of the molecule is CC(C(=O)OC(C)(C)C)c1cccc(CN)c1. The number of hydrogen-bond acceptors (Lipinski definition) is 3. The smallest absolute Gasteiger partial charge is 0.313 e. The maximum atomic E-state index is 11.9. The number of rotatable bonds is 3. The fraction of sp³-hybridized carbons (Fsp3) is 0.500. The second-order valence-corrected chi connectivity index (χ2v) is 5.20. The van der Waals surface area contributed by atoms with E-state index in [0.29, 0.717) is 6.54 Å². The van der Waals surface area contributed by atoms with Crippen molar-refractivity contribution in [3.8, 4) is 0 Å². The van der Waals surface area contributed by atoms with Crippen molar-refractivity contribution in [1.29, 1.82) is 0 Å². The van der Waals surface area contributed by atoms with Crippen molar-refractivity contribution in [1.82, 2.24) is 0 Å². The summed E-state index contributed by atoms with van der Waals surface area (Å²) in [5, 5.41) is 0. The van der Waals surface area contributed by atoms with Crippen LogP contribution < -0.4 is 5.73 Å². The van der Waals surface area contributed by atoms with Crippen LogP contribution in [0.4, 0.5) is 0 Å². The van der Waals surface area contributed by atoms with Crippen molar-refractivity contribution < 1.29 is 9.53 Å². The van der Waals surface area contributed by atoms with Gasteiger partial charge in [-0.2, -0.15) is 0 Å². The predicted octanol–water partition coefficient (Wildman–Crippen LogP) is 2.59. The van der Waals surface area contributed by atoms with E-state index in [9.17, 15) is 4.79 Å². The summed E-state index contributed by atoms with van der Waals surface area (Å²) in [6.45, 7) is 7.94. The Labute approximate surface area is 103 Å². The molecule has 0 bridgehead atoms. The van der Waals surface area contributed by atoms with Crippen molar-refractivity contribution >= 4 is 5.97 Å². The van der Waals surface area contributed by atoms with E-state index >= 15 is 0 Å². The molecular formula is C14H21NO2. The van der Waals surface area contributed by atoms with Gasteiger partial charge >= 0.3 is 5.97 Å². The lowest BCUT2D eigenvalue weighted by atomic mass is 9.99. The lowest BCUT2D eigenvalue weighted by molar-refractivity contribution is -0.156. The Balaban J connectivity index is 2.81. The van der Waals surface area contributed by atoms with Crippen LogP contribution in [-0.4, -0.2) is 11.6 Å². The first-order valence-electron chi connectivity index (χ1n) is 5.85. The maximum absolute atomic E-state index is 11.9. The average Bonchev–Trinajstić information content (AvgIpc) is 2.26. The Hall–Kier alpha value is -1.35. The molecule has 3 nitrogen and oxygen atoms in total.